The van der Waals surface area contributed by atoms with Gasteiger partial charge in [0.15, 0.2) is 6.29 Å². The largest absolute Gasteiger partial charge is 0.507 e. The van der Waals surface area contributed by atoms with Crippen molar-refractivity contribution < 1.29 is 19.8 Å². The molecule has 0 heterocycles. The predicted molar refractivity (Wildman–Crippen MR) is 108 cm³/mol. The molecule has 5 heteroatoms. The van der Waals surface area contributed by atoms with Gasteiger partial charge in [-0.1, -0.05) is 49.2 Å². The van der Waals surface area contributed by atoms with Crippen LogP contribution in [0.5, 0.6) is 11.5 Å². The zero-order valence-electron chi connectivity index (χ0n) is 16.3. The zero-order chi connectivity index (χ0) is 20.4. The summed E-state index contributed by atoms with van der Waals surface area (Å²) < 4.78 is 0. The minimum atomic E-state index is -0.240. The van der Waals surface area contributed by atoms with E-state index in [9.17, 15) is 19.8 Å². The molecular weight excluding hydrogens is 364 g/mol. The molecule has 1 fully saturated rings. The highest BCUT2D eigenvalue weighted by Gasteiger charge is 2.34. The van der Waals surface area contributed by atoms with Crippen LogP contribution in [0.3, 0.4) is 0 Å². The van der Waals surface area contributed by atoms with Gasteiger partial charge in [-0.05, 0) is 43.6 Å². The van der Waals surface area contributed by atoms with E-state index in [1.165, 1.54) is 0 Å². The number of hydrogen-bond acceptors (Lipinski definition) is 4. The molecule has 1 aromatic rings. The van der Waals surface area contributed by atoms with Gasteiger partial charge in [0.25, 0.3) is 0 Å². The monoisotopic (exact) mass is 390 g/mol. The maximum atomic E-state index is 11.8. The Morgan fingerprint density at radius 1 is 1.33 bits per heavy atom. The van der Waals surface area contributed by atoms with E-state index < -0.39 is 0 Å². The molecule has 1 saturated carbocycles. The van der Waals surface area contributed by atoms with E-state index in [1.807, 2.05) is 19.1 Å². The molecule has 1 aromatic carbocycles. The summed E-state index contributed by atoms with van der Waals surface area (Å²) in [6.45, 7) is 7.76. The molecule has 2 atom stereocenters. The highest BCUT2D eigenvalue weighted by molar-refractivity contribution is 6.33. The Hall–Kier alpha value is -2.07. The van der Waals surface area contributed by atoms with Crippen molar-refractivity contribution in [2.75, 3.05) is 0 Å². The average Bonchev–Trinajstić information content (AvgIpc) is 2.62. The van der Waals surface area contributed by atoms with Gasteiger partial charge in [-0.2, -0.15) is 0 Å². The minimum absolute atomic E-state index is 0.0774. The van der Waals surface area contributed by atoms with Crippen LogP contribution in [0.2, 0.25) is 5.02 Å². The van der Waals surface area contributed by atoms with E-state index in [0.717, 1.165) is 12.0 Å². The van der Waals surface area contributed by atoms with Crippen molar-refractivity contribution in [3.05, 3.63) is 45.5 Å². The Bertz CT molecular complexity index is 822. The number of allylic oxidation sites excluding steroid dienone is 4. The van der Waals surface area contributed by atoms with Gasteiger partial charge in [0.05, 0.1) is 10.6 Å². The van der Waals surface area contributed by atoms with Gasteiger partial charge < -0.3 is 10.2 Å². The number of halogens is 1. The first-order valence-corrected chi connectivity index (χ1v) is 9.54. The smallest absolute Gasteiger partial charge is 0.154 e. The second-order valence-corrected chi connectivity index (χ2v) is 8.17. The highest BCUT2D eigenvalue weighted by Crippen LogP contribution is 2.41. The van der Waals surface area contributed by atoms with Crippen molar-refractivity contribution >= 4 is 23.7 Å². The summed E-state index contributed by atoms with van der Waals surface area (Å²) in [4.78, 5) is 23.0. The molecular formula is C22H27ClO4. The molecule has 0 bridgehead atoms. The van der Waals surface area contributed by atoms with Crippen LogP contribution in [0.25, 0.3) is 0 Å². The van der Waals surface area contributed by atoms with E-state index >= 15 is 0 Å². The molecule has 0 radical (unpaired) electrons. The highest BCUT2D eigenvalue weighted by atomic mass is 35.5. The lowest BCUT2D eigenvalue weighted by Crippen LogP contribution is -2.31. The lowest BCUT2D eigenvalue weighted by atomic mass is 9.67. The molecule has 2 N–H and O–H groups in total. The fourth-order valence-electron chi connectivity index (χ4n) is 3.49. The molecule has 0 saturated heterocycles. The van der Waals surface area contributed by atoms with Crippen LogP contribution in [-0.4, -0.2) is 22.3 Å². The first-order valence-electron chi connectivity index (χ1n) is 9.16. The lowest BCUT2D eigenvalue weighted by molar-refractivity contribution is -0.123. The summed E-state index contributed by atoms with van der Waals surface area (Å²) in [5.41, 5.74) is 1.45. The molecule has 1 aliphatic rings. The number of phenols is 2. The number of hydrogen-bond donors (Lipinski definition) is 2. The number of carbonyl (C=O) groups is 2. The number of phenolic OH excluding ortho intramolecular Hbond substituents is 2. The third kappa shape index (κ3) is 4.44. The van der Waals surface area contributed by atoms with Gasteiger partial charge in [0, 0.05) is 18.4 Å². The molecule has 0 aliphatic heterocycles. The van der Waals surface area contributed by atoms with Gasteiger partial charge in [0.1, 0.15) is 17.3 Å². The number of ketones is 1. The second-order valence-electron chi connectivity index (χ2n) is 7.79. The van der Waals surface area contributed by atoms with Crippen LogP contribution in [0.15, 0.2) is 23.8 Å². The molecule has 0 spiro atoms. The maximum Gasteiger partial charge on any atom is 0.154 e. The van der Waals surface area contributed by atoms with E-state index in [2.05, 4.69) is 19.9 Å². The molecule has 146 valence electrons. The topological polar surface area (TPSA) is 74.6 Å². The predicted octanol–water partition coefficient (Wildman–Crippen LogP) is 5.31. The quantitative estimate of drug-likeness (QED) is 0.527. The van der Waals surface area contributed by atoms with E-state index in [1.54, 1.807) is 6.92 Å². The first-order chi connectivity index (χ1) is 12.6. The Balaban J connectivity index is 2.24. The van der Waals surface area contributed by atoms with Gasteiger partial charge >= 0.3 is 0 Å². The van der Waals surface area contributed by atoms with Crippen LogP contribution in [-0.2, 0) is 11.2 Å². The zero-order valence-corrected chi connectivity index (χ0v) is 17.1. The van der Waals surface area contributed by atoms with Crippen LogP contribution < -0.4 is 0 Å². The number of aromatic hydroxyl groups is 2. The van der Waals surface area contributed by atoms with Crippen LogP contribution >= 0.6 is 11.6 Å². The summed E-state index contributed by atoms with van der Waals surface area (Å²) >= 11 is 6.08. The third-order valence-corrected chi connectivity index (χ3v) is 6.26. The number of aldehydes is 1. The number of carbonyl (C=O) groups excluding carboxylic acids is 2. The number of Topliss-reactive ketones (excluding diaryl/α,β-unsaturated/α-hetero) is 1. The van der Waals surface area contributed by atoms with Crippen molar-refractivity contribution in [3.8, 4) is 11.5 Å². The SMILES string of the molecule is CC(/C=C/[C@]1(C)CC(=O)CC[C@H]1C)=C\Cc1c(O)c(Cl)c(C)c(C=O)c1O. The van der Waals surface area contributed by atoms with E-state index in [0.29, 0.717) is 36.4 Å². The molecule has 0 unspecified atom stereocenters. The molecule has 0 amide bonds. The summed E-state index contributed by atoms with van der Waals surface area (Å²) in [6, 6.07) is 0. The normalized spacial score (nSPS) is 23.8. The first kappa shape index (κ1) is 21.2. The van der Waals surface area contributed by atoms with Gasteiger partial charge in [-0.15, -0.1) is 0 Å². The number of rotatable bonds is 5. The van der Waals surface area contributed by atoms with E-state index in [-0.39, 0.29) is 39.5 Å². The van der Waals surface area contributed by atoms with Gasteiger partial charge in [-0.3, -0.25) is 9.59 Å². The maximum absolute atomic E-state index is 11.8. The van der Waals surface area contributed by atoms with Crippen molar-refractivity contribution in [2.24, 2.45) is 11.3 Å². The lowest BCUT2D eigenvalue weighted by Gasteiger charge is -2.36. The van der Waals surface area contributed by atoms with Crippen molar-refractivity contribution in [2.45, 2.75) is 53.4 Å². The van der Waals surface area contributed by atoms with E-state index in [4.69, 9.17) is 11.6 Å². The third-order valence-electron chi connectivity index (χ3n) is 5.80. The van der Waals surface area contributed by atoms with Crippen molar-refractivity contribution in [1.82, 2.24) is 0 Å². The number of benzene rings is 1. The van der Waals surface area contributed by atoms with Gasteiger partial charge in [0.2, 0.25) is 0 Å². The van der Waals surface area contributed by atoms with Crippen LogP contribution in [0.4, 0.5) is 0 Å². The summed E-state index contributed by atoms with van der Waals surface area (Å²) in [6.07, 6.45) is 8.79. The van der Waals surface area contributed by atoms with Gasteiger partial charge in [-0.25, -0.2) is 0 Å². The van der Waals surface area contributed by atoms with Crippen LogP contribution in [0, 0.1) is 18.3 Å². The Morgan fingerprint density at radius 2 is 2.00 bits per heavy atom. The minimum Gasteiger partial charge on any atom is -0.507 e. The Morgan fingerprint density at radius 3 is 2.63 bits per heavy atom. The Kier molecular flexibility index (Phi) is 6.53. The summed E-state index contributed by atoms with van der Waals surface area (Å²) in [5.74, 6) is 0.283. The van der Waals surface area contributed by atoms with Crippen molar-refractivity contribution in [1.29, 1.82) is 0 Å². The molecule has 1 aliphatic carbocycles. The summed E-state index contributed by atoms with van der Waals surface area (Å²) in [5, 5.41) is 20.6. The molecule has 0 aromatic heterocycles. The Labute approximate surface area is 165 Å². The second kappa shape index (κ2) is 8.30. The van der Waals surface area contributed by atoms with Crippen LogP contribution in [0.1, 0.15) is 61.5 Å². The van der Waals surface area contributed by atoms with Crippen molar-refractivity contribution in [3.63, 3.8) is 0 Å². The molecule has 27 heavy (non-hydrogen) atoms. The fraction of sp³-hybridized carbons (Fsp3) is 0.455. The average molecular weight is 391 g/mol. The molecule has 4 nitrogen and oxygen atoms in total. The standard InChI is InChI=1S/C22H27ClO4/c1-13(9-10-22(4)11-16(25)7-6-14(22)2)5-8-17-20(26)18(12-24)15(3)19(23)21(17)27/h5,9-10,12,14,26-27H,6-8,11H2,1-4H3/b10-9+,13-5+/t14-,22-/m1/s1. The summed E-state index contributed by atoms with van der Waals surface area (Å²) in [7, 11) is 0. The molecule has 2 rings (SSSR count). The fourth-order valence-corrected chi connectivity index (χ4v) is 3.70.